The second-order valence-corrected chi connectivity index (χ2v) is 7.12. The molecule has 2 rings (SSSR count). The summed E-state index contributed by atoms with van der Waals surface area (Å²) in [5, 5.41) is 20.0. The fourth-order valence-corrected chi connectivity index (χ4v) is 3.30. The summed E-state index contributed by atoms with van der Waals surface area (Å²) in [5.74, 6) is -0.585. The van der Waals surface area contributed by atoms with Gasteiger partial charge in [0, 0.05) is 23.5 Å². The number of ketones is 1. The predicted octanol–water partition coefficient (Wildman–Crippen LogP) is 3.03. The molecule has 2 aliphatic carbocycles. The molecule has 1 unspecified atom stereocenters. The fourth-order valence-electron chi connectivity index (χ4n) is 3.30. The van der Waals surface area contributed by atoms with Gasteiger partial charge < -0.3 is 10.2 Å². The molecule has 0 saturated heterocycles. The summed E-state index contributed by atoms with van der Waals surface area (Å²) in [6.07, 6.45) is 6.69. The first-order chi connectivity index (χ1) is 10.1. The summed E-state index contributed by atoms with van der Waals surface area (Å²) in [7, 11) is 0. The van der Waals surface area contributed by atoms with E-state index in [1.165, 1.54) is 0 Å². The second kappa shape index (κ2) is 5.51. The van der Waals surface area contributed by atoms with Gasteiger partial charge in [0.25, 0.3) is 0 Å². The standard InChI is InChI=1S/C18H24O4/c1-11(9-15(20)21)7-8-18(22)12(2)16(13-5-6-13)14(19)10-17(18,3)4/h7-9,13,22H,5-6,10H2,1-4H3,(H,20,21). The van der Waals surface area contributed by atoms with E-state index in [1.807, 2.05) is 20.8 Å². The molecule has 0 aromatic rings. The van der Waals surface area contributed by atoms with E-state index in [4.69, 9.17) is 5.11 Å². The molecular weight excluding hydrogens is 280 g/mol. The van der Waals surface area contributed by atoms with Gasteiger partial charge in [-0.3, -0.25) is 4.79 Å². The number of allylic oxidation sites excluding steroid dienone is 3. The lowest BCUT2D eigenvalue weighted by Crippen LogP contribution is -2.49. The van der Waals surface area contributed by atoms with Crippen LogP contribution < -0.4 is 0 Å². The maximum Gasteiger partial charge on any atom is 0.328 e. The van der Waals surface area contributed by atoms with Crippen molar-refractivity contribution in [1.29, 1.82) is 0 Å². The van der Waals surface area contributed by atoms with Crippen molar-refractivity contribution in [1.82, 2.24) is 0 Å². The number of carboxylic acid groups (broad SMARTS) is 1. The smallest absolute Gasteiger partial charge is 0.328 e. The largest absolute Gasteiger partial charge is 0.478 e. The Labute approximate surface area is 131 Å². The first-order valence-electron chi connectivity index (χ1n) is 7.66. The van der Waals surface area contributed by atoms with Gasteiger partial charge in [0.1, 0.15) is 5.60 Å². The number of rotatable bonds is 4. The van der Waals surface area contributed by atoms with Crippen molar-refractivity contribution in [3.8, 4) is 0 Å². The third kappa shape index (κ3) is 2.93. The van der Waals surface area contributed by atoms with E-state index in [0.717, 1.165) is 30.1 Å². The Hall–Kier alpha value is -1.68. The van der Waals surface area contributed by atoms with Gasteiger partial charge in [-0.1, -0.05) is 19.9 Å². The summed E-state index contributed by atoms with van der Waals surface area (Å²) < 4.78 is 0. The lowest BCUT2D eigenvalue weighted by atomic mass is 9.62. The average Bonchev–Trinajstić information content (AvgIpc) is 3.17. The molecule has 0 aromatic heterocycles. The maximum absolute atomic E-state index is 12.4. The Morgan fingerprint density at radius 1 is 1.32 bits per heavy atom. The molecule has 1 atom stereocenters. The molecule has 120 valence electrons. The van der Waals surface area contributed by atoms with E-state index in [-0.39, 0.29) is 5.78 Å². The van der Waals surface area contributed by atoms with Crippen LogP contribution in [-0.4, -0.2) is 27.6 Å². The minimum absolute atomic E-state index is 0.140. The molecule has 0 bridgehead atoms. The highest BCUT2D eigenvalue weighted by molar-refractivity contribution is 5.99. The molecule has 2 N–H and O–H groups in total. The molecule has 0 amide bonds. The zero-order valence-corrected chi connectivity index (χ0v) is 13.6. The van der Waals surface area contributed by atoms with E-state index >= 15 is 0 Å². The number of aliphatic carboxylic acids is 1. The van der Waals surface area contributed by atoms with Gasteiger partial charge in [0.05, 0.1) is 0 Å². The monoisotopic (exact) mass is 304 g/mol. The van der Waals surface area contributed by atoms with Crippen molar-refractivity contribution in [3.05, 3.63) is 34.9 Å². The minimum Gasteiger partial charge on any atom is -0.478 e. The summed E-state index contributed by atoms with van der Waals surface area (Å²) in [6.45, 7) is 7.25. The molecule has 22 heavy (non-hydrogen) atoms. The molecule has 0 radical (unpaired) electrons. The van der Waals surface area contributed by atoms with Gasteiger partial charge in [-0.15, -0.1) is 0 Å². The zero-order chi connectivity index (χ0) is 16.7. The first-order valence-corrected chi connectivity index (χ1v) is 7.66. The second-order valence-electron chi connectivity index (χ2n) is 7.12. The average molecular weight is 304 g/mol. The highest BCUT2D eigenvalue weighted by Crippen LogP contribution is 2.51. The lowest BCUT2D eigenvalue weighted by Gasteiger charge is -2.46. The Morgan fingerprint density at radius 3 is 2.41 bits per heavy atom. The molecule has 4 nitrogen and oxygen atoms in total. The number of carbonyl (C=O) groups excluding carboxylic acids is 1. The highest BCUT2D eigenvalue weighted by Gasteiger charge is 2.51. The van der Waals surface area contributed by atoms with Crippen LogP contribution in [0.5, 0.6) is 0 Å². The first kappa shape index (κ1) is 16.7. The predicted molar refractivity (Wildman–Crippen MR) is 84.3 cm³/mol. The number of hydrogen-bond donors (Lipinski definition) is 2. The van der Waals surface area contributed by atoms with Gasteiger partial charge in [-0.2, -0.15) is 0 Å². The van der Waals surface area contributed by atoms with Crippen molar-refractivity contribution in [2.45, 2.75) is 52.6 Å². The van der Waals surface area contributed by atoms with Gasteiger partial charge in [-0.05, 0) is 49.8 Å². The van der Waals surface area contributed by atoms with Crippen LogP contribution in [0.1, 0.15) is 47.0 Å². The van der Waals surface area contributed by atoms with Crippen molar-refractivity contribution in [2.24, 2.45) is 11.3 Å². The summed E-state index contributed by atoms with van der Waals surface area (Å²) in [6, 6.07) is 0. The van der Waals surface area contributed by atoms with Crippen molar-refractivity contribution in [2.75, 3.05) is 0 Å². The van der Waals surface area contributed by atoms with E-state index in [2.05, 4.69) is 0 Å². The number of carbonyl (C=O) groups is 2. The topological polar surface area (TPSA) is 74.6 Å². The van der Waals surface area contributed by atoms with Gasteiger partial charge in [-0.25, -0.2) is 4.79 Å². The summed E-state index contributed by atoms with van der Waals surface area (Å²) in [4.78, 5) is 23.1. The molecular formula is C18H24O4. The number of hydrogen-bond acceptors (Lipinski definition) is 3. The molecule has 0 heterocycles. The maximum atomic E-state index is 12.4. The third-order valence-electron chi connectivity index (χ3n) is 4.83. The Morgan fingerprint density at radius 2 is 1.91 bits per heavy atom. The van der Waals surface area contributed by atoms with E-state index < -0.39 is 17.0 Å². The van der Waals surface area contributed by atoms with Crippen LogP contribution in [0.15, 0.2) is 34.9 Å². The number of Topliss-reactive ketones (excluding diaryl/α,β-unsaturated/α-hetero) is 1. The van der Waals surface area contributed by atoms with E-state index in [1.54, 1.807) is 19.1 Å². The summed E-state index contributed by atoms with van der Waals surface area (Å²) in [5.41, 5.74) is 0.204. The molecule has 2 aliphatic rings. The normalized spacial score (nSPS) is 29.3. The molecule has 4 heteroatoms. The molecule has 0 aliphatic heterocycles. The van der Waals surface area contributed by atoms with Crippen LogP contribution >= 0.6 is 0 Å². The molecule has 1 fully saturated rings. The molecule has 0 spiro atoms. The van der Waals surface area contributed by atoms with Crippen molar-refractivity contribution >= 4 is 11.8 Å². The van der Waals surface area contributed by atoms with Gasteiger partial charge in [0.2, 0.25) is 0 Å². The highest BCUT2D eigenvalue weighted by atomic mass is 16.4. The number of carboxylic acids is 1. The zero-order valence-electron chi connectivity index (χ0n) is 13.6. The van der Waals surface area contributed by atoms with Crippen molar-refractivity contribution in [3.63, 3.8) is 0 Å². The van der Waals surface area contributed by atoms with Crippen LogP contribution in [0.4, 0.5) is 0 Å². The van der Waals surface area contributed by atoms with Crippen molar-refractivity contribution < 1.29 is 19.8 Å². The van der Waals surface area contributed by atoms with Gasteiger partial charge in [0.15, 0.2) is 5.78 Å². The third-order valence-corrected chi connectivity index (χ3v) is 4.83. The van der Waals surface area contributed by atoms with Gasteiger partial charge >= 0.3 is 5.97 Å². The van der Waals surface area contributed by atoms with Crippen LogP contribution in [0.2, 0.25) is 0 Å². The quantitative estimate of drug-likeness (QED) is 0.618. The molecule has 0 aromatic carbocycles. The Bertz CT molecular complexity index is 603. The van der Waals surface area contributed by atoms with Crippen LogP contribution in [-0.2, 0) is 9.59 Å². The summed E-state index contributed by atoms with van der Waals surface area (Å²) >= 11 is 0. The van der Waals surface area contributed by atoms with E-state index in [0.29, 0.717) is 17.9 Å². The van der Waals surface area contributed by atoms with Crippen LogP contribution in [0, 0.1) is 11.3 Å². The SMILES string of the molecule is CC(C=CC1(O)C(C)=C(C2CC2)C(=O)CC1(C)C)=CC(=O)O. The van der Waals surface area contributed by atoms with Crippen LogP contribution in [0.25, 0.3) is 0 Å². The lowest BCUT2D eigenvalue weighted by molar-refractivity contribution is -0.131. The Kier molecular flexibility index (Phi) is 4.18. The van der Waals surface area contributed by atoms with E-state index in [9.17, 15) is 14.7 Å². The fraction of sp³-hybridized carbons (Fsp3) is 0.556. The minimum atomic E-state index is -1.23. The van der Waals surface area contributed by atoms with Crippen LogP contribution in [0.3, 0.4) is 0 Å². The Balaban J connectivity index is 2.45. The molecule has 1 saturated carbocycles. The number of aliphatic hydroxyl groups is 1.